The Hall–Kier alpha value is -2.39. The Morgan fingerprint density at radius 2 is 1.70 bits per heavy atom. The average Bonchev–Trinajstić information content (AvgIpc) is 2.73. The van der Waals surface area contributed by atoms with Gasteiger partial charge in [0, 0.05) is 17.6 Å². The molecule has 180 valence electrons. The number of anilines is 1. The second kappa shape index (κ2) is 11.7. The number of benzene rings is 2. The zero-order valence-corrected chi connectivity index (χ0v) is 22.1. The molecule has 0 fully saturated rings. The number of sulfonamides is 1. The molecule has 0 aromatic heterocycles. The second-order valence-corrected chi connectivity index (χ2v) is 11.4. The van der Waals surface area contributed by atoms with E-state index >= 15 is 0 Å². The molecule has 0 radical (unpaired) electrons. The van der Waals surface area contributed by atoms with Crippen LogP contribution in [0.15, 0.2) is 53.0 Å². The Bertz CT molecular complexity index is 1070. The Kier molecular flexibility index (Phi) is 9.48. The Morgan fingerprint density at radius 1 is 1.06 bits per heavy atom. The minimum atomic E-state index is -3.74. The van der Waals surface area contributed by atoms with E-state index in [1.54, 1.807) is 31.2 Å². The summed E-state index contributed by atoms with van der Waals surface area (Å²) >= 11 is 3.34. The average molecular weight is 539 g/mol. The van der Waals surface area contributed by atoms with Crippen LogP contribution in [0.2, 0.25) is 0 Å². The molecule has 2 aromatic carbocycles. The van der Waals surface area contributed by atoms with Gasteiger partial charge in [-0.15, -0.1) is 0 Å². The monoisotopic (exact) mass is 537 g/mol. The zero-order valence-electron chi connectivity index (χ0n) is 19.7. The van der Waals surface area contributed by atoms with Crippen LogP contribution < -0.4 is 9.62 Å². The molecule has 33 heavy (non-hydrogen) atoms. The second-order valence-electron chi connectivity index (χ2n) is 8.57. The molecular formula is C24H32BrN3O4S. The van der Waals surface area contributed by atoms with E-state index in [0.29, 0.717) is 16.7 Å². The first-order chi connectivity index (χ1) is 15.4. The molecule has 2 amide bonds. The van der Waals surface area contributed by atoms with Crippen molar-refractivity contribution in [3.8, 4) is 0 Å². The molecule has 0 aliphatic rings. The number of nitrogens with one attached hydrogen (secondary N) is 1. The fraction of sp³-hybridized carbons (Fsp3) is 0.417. The van der Waals surface area contributed by atoms with Crippen LogP contribution in [0.25, 0.3) is 0 Å². The van der Waals surface area contributed by atoms with Gasteiger partial charge in [-0.1, -0.05) is 65.7 Å². The molecule has 0 bridgehead atoms. The van der Waals surface area contributed by atoms with E-state index in [4.69, 9.17) is 0 Å². The number of carbonyl (C=O) groups excluding carboxylic acids is 2. The lowest BCUT2D eigenvalue weighted by molar-refractivity contribution is -0.139. The van der Waals surface area contributed by atoms with Gasteiger partial charge < -0.3 is 10.2 Å². The van der Waals surface area contributed by atoms with E-state index in [2.05, 4.69) is 21.2 Å². The summed E-state index contributed by atoms with van der Waals surface area (Å²) in [5, 5.41) is 2.86. The summed E-state index contributed by atoms with van der Waals surface area (Å²) in [5.74, 6) is -0.481. The number of hydrogen-bond acceptors (Lipinski definition) is 4. The Labute approximate surface area is 205 Å². The van der Waals surface area contributed by atoms with Crippen molar-refractivity contribution in [2.24, 2.45) is 5.92 Å². The molecule has 0 heterocycles. The fourth-order valence-corrected chi connectivity index (χ4v) is 4.40. The highest BCUT2D eigenvalue weighted by molar-refractivity contribution is 9.10. The molecule has 2 rings (SSSR count). The van der Waals surface area contributed by atoms with Crippen molar-refractivity contribution in [2.45, 2.75) is 40.3 Å². The van der Waals surface area contributed by atoms with Crippen LogP contribution in [0.5, 0.6) is 0 Å². The highest BCUT2D eigenvalue weighted by Gasteiger charge is 2.30. The molecule has 0 aliphatic heterocycles. The van der Waals surface area contributed by atoms with Crippen LogP contribution in [0, 0.1) is 12.8 Å². The van der Waals surface area contributed by atoms with Crippen molar-refractivity contribution < 1.29 is 18.0 Å². The van der Waals surface area contributed by atoms with Crippen LogP contribution in [0.1, 0.15) is 31.9 Å². The van der Waals surface area contributed by atoms with Crippen molar-refractivity contribution in [3.05, 3.63) is 64.1 Å². The van der Waals surface area contributed by atoms with E-state index in [1.807, 2.05) is 45.0 Å². The van der Waals surface area contributed by atoms with Crippen molar-refractivity contribution in [3.63, 3.8) is 0 Å². The summed E-state index contributed by atoms with van der Waals surface area (Å²) in [6, 6.07) is 13.6. The number of rotatable bonds is 10. The molecule has 0 saturated heterocycles. The quantitative estimate of drug-likeness (QED) is 0.500. The van der Waals surface area contributed by atoms with Gasteiger partial charge in [0.05, 0.1) is 11.9 Å². The lowest BCUT2D eigenvalue weighted by Crippen LogP contribution is -2.51. The SMILES string of the molecule is Cc1ccc(CN(C(=O)CN(c2cccc(Br)c2)S(C)(=O)=O)C(C)C(=O)NCC(C)C)cc1. The number of aryl methyl sites for hydroxylation is 1. The first kappa shape index (κ1) is 26.9. The summed E-state index contributed by atoms with van der Waals surface area (Å²) in [6.45, 7) is 7.87. The van der Waals surface area contributed by atoms with Gasteiger partial charge in [-0.3, -0.25) is 13.9 Å². The predicted molar refractivity (Wildman–Crippen MR) is 135 cm³/mol. The smallest absolute Gasteiger partial charge is 0.244 e. The molecule has 1 N–H and O–H groups in total. The largest absolute Gasteiger partial charge is 0.354 e. The summed E-state index contributed by atoms with van der Waals surface area (Å²) in [7, 11) is -3.74. The van der Waals surface area contributed by atoms with Crippen LogP contribution >= 0.6 is 15.9 Å². The molecule has 0 spiro atoms. The zero-order chi connectivity index (χ0) is 24.8. The molecule has 9 heteroatoms. The lowest BCUT2D eigenvalue weighted by Gasteiger charge is -2.31. The summed E-state index contributed by atoms with van der Waals surface area (Å²) in [4.78, 5) is 27.7. The molecular weight excluding hydrogens is 506 g/mol. The van der Waals surface area contributed by atoms with Gasteiger partial charge in [-0.25, -0.2) is 8.42 Å². The van der Waals surface area contributed by atoms with Crippen LogP contribution in [-0.2, 0) is 26.2 Å². The molecule has 1 unspecified atom stereocenters. The number of halogens is 1. The van der Waals surface area contributed by atoms with Crippen molar-refractivity contribution >= 4 is 43.5 Å². The Morgan fingerprint density at radius 3 is 2.24 bits per heavy atom. The maximum absolute atomic E-state index is 13.4. The van der Waals surface area contributed by atoms with Gasteiger partial charge in [0.25, 0.3) is 0 Å². The molecule has 0 aliphatic carbocycles. The molecule has 2 aromatic rings. The normalized spacial score (nSPS) is 12.3. The van der Waals surface area contributed by atoms with Gasteiger partial charge in [-0.2, -0.15) is 0 Å². The van der Waals surface area contributed by atoms with Crippen molar-refractivity contribution in [1.82, 2.24) is 10.2 Å². The fourth-order valence-electron chi connectivity index (χ4n) is 3.17. The van der Waals surface area contributed by atoms with Crippen molar-refractivity contribution in [1.29, 1.82) is 0 Å². The van der Waals surface area contributed by atoms with E-state index in [9.17, 15) is 18.0 Å². The van der Waals surface area contributed by atoms with Crippen LogP contribution in [0.4, 0.5) is 5.69 Å². The van der Waals surface area contributed by atoms with E-state index < -0.39 is 28.5 Å². The maximum Gasteiger partial charge on any atom is 0.244 e. The molecule has 7 nitrogen and oxygen atoms in total. The minimum absolute atomic E-state index is 0.186. The van der Waals surface area contributed by atoms with Crippen molar-refractivity contribution in [2.75, 3.05) is 23.7 Å². The van der Waals surface area contributed by atoms with Gasteiger partial charge in [0.1, 0.15) is 12.6 Å². The highest BCUT2D eigenvalue weighted by Crippen LogP contribution is 2.23. The maximum atomic E-state index is 13.4. The third-order valence-electron chi connectivity index (χ3n) is 5.10. The highest BCUT2D eigenvalue weighted by atomic mass is 79.9. The van der Waals surface area contributed by atoms with Gasteiger partial charge in [0.15, 0.2) is 0 Å². The Balaban J connectivity index is 2.35. The third-order valence-corrected chi connectivity index (χ3v) is 6.73. The van der Waals surface area contributed by atoms with Gasteiger partial charge in [0.2, 0.25) is 21.8 Å². The van der Waals surface area contributed by atoms with Crippen LogP contribution in [-0.4, -0.2) is 50.5 Å². The molecule has 0 saturated carbocycles. The summed E-state index contributed by atoms with van der Waals surface area (Å²) in [6.07, 6.45) is 1.06. The lowest BCUT2D eigenvalue weighted by atomic mass is 10.1. The van der Waals surface area contributed by atoms with Crippen LogP contribution in [0.3, 0.4) is 0 Å². The van der Waals surface area contributed by atoms with E-state index in [-0.39, 0.29) is 18.4 Å². The van der Waals surface area contributed by atoms with Gasteiger partial charge in [-0.05, 0) is 43.5 Å². The first-order valence-electron chi connectivity index (χ1n) is 10.7. The van der Waals surface area contributed by atoms with Gasteiger partial charge >= 0.3 is 0 Å². The summed E-state index contributed by atoms with van der Waals surface area (Å²) < 4.78 is 26.8. The van der Waals surface area contributed by atoms with E-state index in [0.717, 1.165) is 21.7 Å². The standard InChI is InChI=1S/C24H32BrN3O4S/c1-17(2)14-26-24(30)19(4)27(15-20-11-9-18(3)10-12-20)23(29)16-28(33(5,31)32)22-8-6-7-21(25)13-22/h6-13,17,19H,14-16H2,1-5H3,(H,26,30). The number of hydrogen-bond donors (Lipinski definition) is 1. The van der Waals surface area contributed by atoms with E-state index in [1.165, 1.54) is 4.90 Å². The summed E-state index contributed by atoms with van der Waals surface area (Å²) in [5.41, 5.74) is 2.30. The number of amides is 2. The first-order valence-corrected chi connectivity index (χ1v) is 13.4. The number of nitrogens with zero attached hydrogens (tertiary/aromatic N) is 2. The number of carbonyl (C=O) groups is 2. The topological polar surface area (TPSA) is 86.8 Å². The molecule has 1 atom stereocenters. The third kappa shape index (κ3) is 8.16. The minimum Gasteiger partial charge on any atom is -0.354 e. The predicted octanol–water partition coefficient (Wildman–Crippen LogP) is 3.71.